The maximum Gasteiger partial charge on any atom is 0.254 e. The number of hydrogen-bond donors (Lipinski definition) is 0. The highest BCUT2D eigenvalue weighted by Gasteiger charge is 2.25. The number of aryl methyl sites for hydroxylation is 1. The van der Waals surface area contributed by atoms with Crippen molar-refractivity contribution in [3.8, 4) is 0 Å². The number of benzene rings is 2. The molecule has 0 saturated carbocycles. The summed E-state index contributed by atoms with van der Waals surface area (Å²) >= 11 is 0. The van der Waals surface area contributed by atoms with Gasteiger partial charge in [-0.05, 0) is 42.2 Å². The second-order valence-electron chi connectivity index (χ2n) is 6.51. The average molecular weight is 358 g/mol. The normalized spacial score (nSPS) is 14.5. The molecule has 0 aliphatic carbocycles. The molecule has 1 heterocycles. The van der Waals surface area contributed by atoms with Crippen molar-refractivity contribution in [2.24, 2.45) is 0 Å². The second-order valence-corrected chi connectivity index (χ2v) is 8.66. The van der Waals surface area contributed by atoms with E-state index in [0.717, 1.165) is 21.9 Å². The summed E-state index contributed by atoms with van der Waals surface area (Å²) in [7, 11) is -0.598. The molecule has 3 rings (SSSR count). The van der Waals surface area contributed by atoms with Gasteiger partial charge in [0.15, 0.2) is 0 Å². The van der Waals surface area contributed by atoms with Crippen LogP contribution in [0.4, 0.5) is 0 Å². The van der Waals surface area contributed by atoms with Crippen LogP contribution >= 0.6 is 0 Å². The number of hydrogen-bond acceptors (Lipinski definition) is 3. The first-order chi connectivity index (χ1) is 11.8. The van der Waals surface area contributed by atoms with Crippen molar-refractivity contribution in [2.45, 2.75) is 24.8 Å². The van der Waals surface area contributed by atoms with Crippen LogP contribution in [0.5, 0.6) is 0 Å². The minimum absolute atomic E-state index is 0.122. The maximum atomic E-state index is 13.0. The third kappa shape index (κ3) is 3.32. The molecule has 1 aliphatic heterocycles. The number of carbonyl (C=O) groups is 1. The molecular formula is C19H22N2O3S. The summed E-state index contributed by atoms with van der Waals surface area (Å²) in [5, 5.41) is 0. The predicted molar refractivity (Wildman–Crippen MR) is 96.9 cm³/mol. The van der Waals surface area contributed by atoms with Gasteiger partial charge in [-0.15, -0.1) is 0 Å². The Morgan fingerprint density at radius 1 is 1.08 bits per heavy atom. The van der Waals surface area contributed by atoms with Crippen LogP contribution in [0, 0.1) is 6.92 Å². The Morgan fingerprint density at radius 3 is 2.44 bits per heavy atom. The van der Waals surface area contributed by atoms with Gasteiger partial charge in [0, 0.05) is 32.7 Å². The Bertz CT molecular complexity index is 920. The smallest absolute Gasteiger partial charge is 0.254 e. The summed E-state index contributed by atoms with van der Waals surface area (Å²) in [6, 6.07) is 12.8. The van der Waals surface area contributed by atoms with Crippen LogP contribution in [0.1, 0.15) is 27.0 Å². The number of rotatable bonds is 3. The zero-order valence-electron chi connectivity index (χ0n) is 14.7. The summed E-state index contributed by atoms with van der Waals surface area (Å²) in [4.78, 5) is 14.9. The fourth-order valence-electron chi connectivity index (χ4n) is 3.04. The zero-order valence-corrected chi connectivity index (χ0v) is 15.5. The van der Waals surface area contributed by atoms with Gasteiger partial charge in [0.2, 0.25) is 10.0 Å². The molecule has 2 aromatic carbocycles. The molecule has 25 heavy (non-hydrogen) atoms. The topological polar surface area (TPSA) is 57.7 Å². The highest BCUT2D eigenvalue weighted by atomic mass is 32.2. The molecule has 0 unspecified atom stereocenters. The van der Waals surface area contributed by atoms with Crippen LogP contribution in [-0.4, -0.2) is 44.2 Å². The summed E-state index contributed by atoms with van der Waals surface area (Å²) in [5.41, 5.74) is 3.65. The molecule has 0 bridgehead atoms. The largest absolute Gasteiger partial charge is 0.334 e. The van der Waals surface area contributed by atoms with Crippen LogP contribution in [0.3, 0.4) is 0 Å². The highest BCUT2D eigenvalue weighted by Crippen LogP contribution is 2.23. The van der Waals surface area contributed by atoms with E-state index in [1.54, 1.807) is 17.0 Å². The molecule has 0 saturated heterocycles. The van der Waals surface area contributed by atoms with E-state index < -0.39 is 10.0 Å². The Hall–Kier alpha value is -2.18. The number of fused-ring (bicyclic) bond motifs is 1. The van der Waals surface area contributed by atoms with Crippen molar-refractivity contribution in [1.82, 2.24) is 9.21 Å². The first kappa shape index (κ1) is 17.6. The molecule has 6 heteroatoms. The van der Waals surface area contributed by atoms with Crippen molar-refractivity contribution in [3.63, 3.8) is 0 Å². The predicted octanol–water partition coefficient (Wildman–Crippen LogP) is 2.44. The lowest BCUT2D eigenvalue weighted by atomic mass is 9.98. The molecule has 0 aromatic heterocycles. The van der Waals surface area contributed by atoms with Gasteiger partial charge in [-0.3, -0.25) is 4.79 Å². The molecule has 2 aromatic rings. The Kier molecular flexibility index (Phi) is 4.67. The van der Waals surface area contributed by atoms with E-state index in [9.17, 15) is 13.2 Å². The Balaban J connectivity index is 1.93. The summed E-state index contributed by atoms with van der Waals surface area (Å²) in [6.45, 7) is 3.02. The highest BCUT2D eigenvalue weighted by molar-refractivity contribution is 7.89. The maximum absolute atomic E-state index is 13.0. The third-order valence-electron chi connectivity index (χ3n) is 4.64. The van der Waals surface area contributed by atoms with E-state index in [0.29, 0.717) is 18.7 Å². The summed E-state index contributed by atoms with van der Waals surface area (Å²) in [6.07, 6.45) is 0.816. The van der Waals surface area contributed by atoms with Crippen LogP contribution in [0.15, 0.2) is 47.4 Å². The minimum atomic E-state index is -3.57. The molecule has 1 amide bonds. The molecule has 0 atom stereocenters. The number of carbonyl (C=O) groups excluding carboxylic acids is 1. The fourth-order valence-corrected chi connectivity index (χ4v) is 3.97. The van der Waals surface area contributed by atoms with Crippen LogP contribution in [0.2, 0.25) is 0 Å². The fraction of sp³-hybridized carbons (Fsp3) is 0.316. The molecule has 0 fully saturated rings. The van der Waals surface area contributed by atoms with Gasteiger partial charge >= 0.3 is 0 Å². The molecule has 0 spiro atoms. The number of amides is 1. The van der Waals surface area contributed by atoms with Crippen molar-refractivity contribution in [2.75, 3.05) is 20.6 Å². The standard InChI is InChI=1S/C19H22N2O3S/c1-14-8-9-17(25(23,24)20(2)3)12-18(14)19(22)21-11-10-15-6-4-5-7-16(15)13-21/h4-9,12H,10-11,13H2,1-3H3. The van der Waals surface area contributed by atoms with Crippen molar-refractivity contribution < 1.29 is 13.2 Å². The lowest BCUT2D eigenvalue weighted by Gasteiger charge is -2.29. The van der Waals surface area contributed by atoms with E-state index in [1.807, 2.05) is 25.1 Å². The third-order valence-corrected chi connectivity index (χ3v) is 6.45. The van der Waals surface area contributed by atoms with Gasteiger partial charge in [-0.2, -0.15) is 0 Å². The first-order valence-corrected chi connectivity index (χ1v) is 9.64. The second kappa shape index (κ2) is 6.61. The lowest BCUT2D eigenvalue weighted by molar-refractivity contribution is 0.0733. The van der Waals surface area contributed by atoms with E-state index in [2.05, 4.69) is 6.07 Å². The molecule has 5 nitrogen and oxygen atoms in total. The molecule has 132 valence electrons. The quantitative estimate of drug-likeness (QED) is 0.847. The number of nitrogens with zero attached hydrogens (tertiary/aromatic N) is 2. The van der Waals surface area contributed by atoms with Crippen LogP contribution < -0.4 is 0 Å². The first-order valence-electron chi connectivity index (χ1n) is 8.20. The van der Waals surface area contributed by atoms with Gasteiger partial charge in [0.05, 0.1) is 4.90 Å². The lowest BCUT2D eigenvalue weighted by Crippen LogP contribution is -2.36. The van der Waals surface area contributed by atoms with Gasteiger partial charge < -0.3 is 4.90 Å². The van der Waals surface area contributed by atoms with Crippen LogP contribution in [0.25, 0.3) is 0 Å². The Labute approximate surface area is 148 Å². The van der Waals surface area contributed by atoms with Gasteiger partial charge in [0.1, 0.15) is 0 Å². The summed E-state index contributed by atoms with van der Waals surface area (Å²) in [5.74, 6) is -0.122. The zero-order chi connectivity index (χ0) is 18.2. The van der Waals surface area contributed by atoms with E-state index in [1.165, 1.54) is 25.7 Å². The van der Waals surface area contributed by atoms with Crippen molar-refractivity contribution >= 4 is 15.9 Å². The van der Waals surface area contributed by atoms with Crippen molar-refractivity contribution in [1.29, 1.82) is 0 Å². The SMILES string of the molecule is Cc1ccc(S(=O)(=O)N(C)C)cc1C(=O)N1CCc2ccccc2C1. The molecular weight excluding hydrogens is 336 g/mol. The van der Waals surface area contributed by atoms with E-state index in [4.69, 9.17) is 0 Å². The van der Waals surface area contributed by atoms with Gasteiger partial charge in [-0.1, -0.05) is 30.3 Å². The monoisotopic (exact) mass is 358 g/mol. The van der Waals surface area contributed by atoms with Crippen LogP contribution in [-0.2, 0) is 23.0 Å². The van der Waals surface area contributed by atoms with Gasteiger partial charge in [0.25, 0.3) is 5.91 Å². The van der Waals surface area contributed by atoms with E-state index in [-0.39, 0.29) is 10.8 Å². The van der Waals surface area contributed by atoms with Crippen molar-refractivity contribution in [3.05, 3.63) is 64.7 Å². The minimum Gasteiger partial charge on any atom is -0.334 e. The summed E-state index contributed by atoms with van der Waals surface area (Å²) < 4.78 is 25.9. The molecule has 1 aliphatic rings. The Morgan fingerprint density at radius 2 is 1.76 bits per heavy atom. The number of sulfonamides is 1. The molecule has 0 N–H and O–H groups in total. The van der Waals surface area contributed by atoms with E-state index >= 15 is 0 Å². The average Bonchev–Trinajstić information content (AvgIpc) is 2.60. The molecule has 0 radical (unpaired) electrons. The van der Waals surface area contributed by atoms with Gasteiger partial charge in [-0.25, -0.2) is 12.7 Å².